The maximum atomic E-state index is 12.4. The normalized spacial score (nSPS) is 14.4. The summed E-state index contributed by atoms with van der Waals surface area (Å²) in [5.41, 5.74) is 2.82. The number of hydrogen-bond donors (Lipinski definition) is 3. The van der Waals surface area contributed by atoms with Gasteiger partial charge >= 0.3 is 0 Å². The van der Waals surface area contributed by atoms with Crippen LogP contribution in [-0.2, 0) is 17.9 Å². The molecule has 3 N–H and O–H groups in total. The van der Waals surface area contributed by atoms with Gasteiger partial charge in [-0.1, -0.05) is 44.0 Å². The molecule has 1 saturated carbocycles. The number of nitrogens with zero attached hydrogens (tertiary/aromatic N) is 2. The molecule has 3 rings (SSSR count). The molecule has 1 amide bonds. The van der Waals surface area contributed by atoms with E-state index in [0.29, 0.717) is 25.0 Å². The van der Waals surface area contributed by atoms with Gasteiger partial charge in [-0.2, -0.15) is 0 Å². The fourth-order valence-electron chi connectivity index (χ4n) is 3.55. The largest absolute Gasteiger partial charge is 0.359 e. The van der Waals surface area contributed by atoms with Crippen molar-refractivity contribution in [2.24, 2.45) is 10.9 Å². The van der Waals surface area contributed by atoms with E-state index in [1.807, 2.05) is 37.3 Å². The van der Waals surface area contributed by atoms with E-state index in [2.05, 4.69) is 39.9 Å². The summed E-state index contributed by atoms with van der Waals surface area (Å²) in [4.78, 5) is 17.0. The van der Waals surface area contributed by atoms with Gasteiger partial charge in [-0.25, -0.2) is 4.99 Å². The van der Waals surface area contributed by atoms with Crippen molar-refractivity contribution in [1.82, 2.24) is 15.8 Å². The average Bonchev–Trinajstić information content (AvgIpc) is 3.42. The summed E-state index contributed by atoms with van der Waals surface area (Å²) in [5, 5.41) is 13.7. The van der Waals surface area contributed by atoms with Crippen molar-refractivity contribution < 1.29 is 9.32 Å². The van der Waals surface area contributed by atoms with E-state index in [-0.39, 0.29) is 35.8 Å². The van der Waals surface area contributed by atoms with Gasteiger partial charge in [-0.3, -0.25) is 4.79 Å². The number of carbonyl (C=O) groups is 1. The lowest BCUT2D eigenvalue weighted by Gasteiger charge is -2.12. The average molecular weight is 539 g/mol. The van der Waals surface area contributed by atoms with Crippen LogP contribution in [0.1, 0.15) is 69.4 Å². The van der Waals surface area contributed by atoms with Gasteiger partial charge in [0.25, 0.3) is 0 Å². The number of amides is 1. The van der Waals surface area contributed by atoms with Gasteiger partial charge in [-0.15, -0.1) is 24.0 Å². The SMILES string of the molecule is CCNC(=NCc1cccc(NC(=O)C2CCCC2)c1)NCc1cc(C(C)C)no1.I. The third-order valence-corrected chi connectivity index (χ3v) is 5.28. The van der Waals surface area contributed by atoms with Crippen molar-refractivity contribution in [2.45, 2.75) is 65.5 Å². The van der Waals surface area contributed by atoms with Crippen LogP contribution in [0.25, 0.3) is 0 Å². The second kappa shape index (κ2) is 12.7. The Morgan fingerprint density at radius 1 is 1.23 bits per heavy atom. The van der Waals surface area contributed by atoms with Crippen LogP contribution in [0, 0.1) is 5.92 Å². The van der Waals surface area contributed by atoms with E-state index in [1.165, 1.54) is 0 Å². The Labute approximate surface area is 201 Å². The highest BCUT2D eigenvalue weighted by molar-refractivity contribution is 14.0. The summed E-state index contributed by atoms with van der Waals surface area (Å²) in [7, 11) is 0. The Morgan fingerprint density at radius 2 is 2.00 bits per heavy atom. The van der Waals surface area contributed by atoms with Crippen LogP contribution in [0.2, 0.25) is 0 Å². The summed E-state index contributed by atoms with van der Waals surface area (Å²) in [6, 6.07) is 9.86. The van der Waals surface area contributed by atoms with E-state index in [9.17, 15) is 4.79 Å². The Bertz CT molecular complexity index is 859. The summed E-state index contributed by atoms with van der Waals surface area (Å²) in [6.45, 7) is 7.99. The van der Waals surface area contributed by atoms with Crippen molar-refractivity contribution in [1.29, 1.82) is 0 Å². The van der Waals surface area contributed by atoms with Gasteiger partial charge < -0.3 is 20.5 Å². The molecule has 1 heterocycles. The van der Waals surface area contributed by atoms with Crippen molar-refractivity contribution >= 4 is 41.5 Å². The minimum atomic E-state index is 0. The van der Waals surface area contributed by atoms with Crippen LogP contribution >= 0.6 is 24.0 Å². The zero-order chi connectivity index (χ0) is 21.3. The van der Waals surface area contributed by atoms with E-state index >= 15 is 0 Å². The van der Waals surface area contributed by atoms with Crippen LogP contribution in [0.3, 0.4) is 0 Å². The molecular formula is C23H34IN5O2. The van der Waals surface area contributed by atoms with Crippen LogP contribution in [-0.4, -0.2) is 23.6 Å². The molecule has 0 bridgehead atoms. The van der Waals surface area contributed by atoms with Crippen LogP contribution in [0.5, 0.6) is 0 Å². The fourth-order valence-corrected chi connectivity index (χ4v) is 3.55. The number of halogens is 1. The zero-order valence-corrected chi connectivity index (χ0v) is 20.9. The lowest BCUT2D eigenvalue weighted by Crippen LogP contribution is -2.36. The standard InChI is InChI=1S/C23H33N5O2.HI/c1-4-24-23(26-15-20-13-21(16(2)3)28-30-20)25-14-17-8-7-11-19(12-17)27-22(29)18-9-5-6-10-18;/h7-8,11-13,16,18H,4-6,9-10,14-15H2,1-3H3,(H,27,29)(H2,24,25,26);1H. The van der Waals surface area contributed by atoms with Gasteiger partial charge in [0.2, 0.25) is 5.91 Å². The maximum Gasteiger partial charge on any atom is 0.227 e. The molecule has 31 heavy (non-hydrogen) atoms. The Hall–Kier alpha value is -2.10. The number of anilines is 1. The highest BCUT2D eigenvalue weighted by Gasteiger charge is 2.22. The highest BCUT2D eigenvalue weighted by atomic mass is 127. The van der Waals surface area contributed by atoms with Gasteiger partial charge in [0.05, 0.1) is 18.8 Å². The minimum Gasteiger partial charge on any atom is -0.359 e. The number of carbonyl (C=O) groups excluding carboxylic acids is 1. The summed E-state index contributed by atoms with van der Waals surface area (Å²) in [5.74, 6) is 2.12. The molecule has 8 heteroatoms. The van der Waals surface area contributed by atoms with E-state index < -0.39 is 0 Å². The molecule has 0 aliphatic heterocycles. The molecule has 0 atom stereocenters. The van der Waals surface area contributed by atoms with Crippen molar-refractivity contribution in [2.75, 3.05) is 11.9 Å². The minimum absolute atomic E-state index is 0. The summed E-state index contributed by atoms with van der Waals surface area (Å²) < 4.78 is 5.38. The molecule has 0 saturated heterocycles. The third kappa shape index (κ3) is 7.83. The van der Waals surface area contributed by atoms with Crippen molar-refractivity contribution in [3.8, 4) is 0 Å². The molecule has 0 radical (unpaired) electrons. The quantitative estimate of drug-likeness (QED) is 0.255. The molecule has 1 aliphatic carbocycles. The number of guanidine groups is 1. The molecule has 0 unspecified atom stereocenters. The van der Waals surface area contributed by atoms with Crippen molar-refractivity contribution in [3.63, 3.8) is 0 Å². The molecule has 1 aromatic carbocycles. The van der Waals surface area contributed by atoms with Crippen LogP contribution in [0.4, 0.5) is 5.69 Å². The first-order valence-electron chi connectivity index (χ1n) is 10.9. The number of benzene rings is 1. The smallest absolute Gasteiger partial charge is 0.227 e. The van der Waals surface area contributed by atoms with E-state index in [4.69, 9.17) is 4.52 Å². The number of aliphatic imine (C=N–C) groups is 1. The fraction of sp³-hybridized carbons (Fsp3) is 0.522. The molecule has 1 fully saturated rings. The Balaban J connectivity index is 0.00000341. The van der Waals surface area contributed by atoms with Crippen molar-refractivity contribution in [3.05, 3.63) is 47.3 Å². The number of hydrogen-bond acceptors (Lipinski definition) is 4. The predicted molar refractivity (Wildman–Crippen MR) is 135 cm³/mol. The molecule has 7 nitrogen and oxygen atoms in total. The number of rotatable bonds is 8. The second-order valence-electron chi connectivity index (χ2n) is 8.09. The Morgan fingerprint density at radius 3 is 2.68 bits per heavy atom. The first-order chi connectivity index (χ1) is 14.5. The van der Waals surface area contributed by atoms with E-state index in [1.54, 1.807) is 0 Å². The summed E-state index contributed by atoms with van der Waals surface area (Å²) in [6.07, 6.45) is 4.30. The summed E-state index contributed by atoms with van der Waals surface area (Å²) >= 11 is 0. The highest BCUT2D eigenvalue weighted by Crippen LogP contribution is 2.26. The lowest BCUT2D eigenvalue weighted by atomic mass is 10.1. The molecule has 170 valence electrons. The maximum absolute atomic E-state index is 12.4. The van der Waals surface area contributed by atoms with E-state index in [0.717, 1.165) is 54.9 Å². The number of aromatic nitrogens is 1. The molecule has 0 spiro atoms. The third-order valence-electron chi connectivity index (χ3n) is 5.28. The zero-order valence-electron chi connectivity index (χ0n) is 18.6. The molecular weight excluding hydrogens is 505 g/mol. The van der Waals surface area contributed by atoms with Gasteiger partial charge in [0.15, 0.2) is 11.7 Å². The number of nitrogens with one attached hydrogen (secondary N) is 3. The van der Waals surface area contributed by atoms with Gasteiger partial charge in [-0.05, 0) is 43.4 Å². The van der Waals surface area contributed by atoms with Crippen LogP contribution in [0.15, 0.2) is 39.8 Å². The Kier molecular flexibility index (Phi) is 10.3. The molecule has 2 aromatic rings. The predicted octanol–water partition coefficient (Wildman–Crippen LogP) is 4.80. The first-order valence-corrected chi connectivity index (χ1v) is 10.9. The lowest BCUT2D eigenvalue weighted by molar-refractivity contribution is -0.119. The monoisotopic (exact) mass is 539 g/mol. The second-order valence-corrected chi connectivity index (χ2v) is 8.09. The van der Waals surface area contributed by atoms with Gasteiger partial charge in [0, 0.05) is 24.2 Å². The molecule has 1 aromatic heterocycles. The first kappa shape index (κ1) is 25.2. The van der Waals surface area contributed by atoms with Crippen LogP contribution < -0.4 is 16.0 Å². The van der Waals surface area contributed by atoms with Gasteiger partial charge in [0.1, 0.15) is 0 Å². The molecule has 1 aliphatic rings. The topological polar surface area (TPSA) is 91.5 Å².